The van der Waals surface area contributed by atoms with Crippen LogP contribution in [0.3, 0.4) is 0 Å². The summed E-state index contributed by atoms with van der Waals surface area (Å²) in [5.41, 5.74) is 0.398. The van der Waals surface area contributed by atoms with Gasteiger partial charge in [-0.2, -0.15) is 15.2 Å². The quantitative estimate of drug-likeness (QED) is 0.324. The van der Waals surface area contributed by atoms with E-state index in [9.17, 15) is 13.2 Å². The van der Waals surface area contributed by atoms with Crippen LogP contribution in [-0.2, 0) is 14.8 Å². The highest BCUT2D eigenvalue weighted by Crippen LogP contribution is 2.35. The normalized spacial score (nSPS) is 18.0. The highest BCUT2D eigenvalue weighted by Gasteiger charge is 2.29. The molecule has 3 aromatic heterocycles. The van der Waals surface area contributed by atoms with Crippen LogP contribution in [0, 0.1) is 5.82 Å². The molecule has 206 valence electrons. The molecule has 0 saturated heterocycles. The van der Waals surface area contributed by atoms with E-state index in [1.54, 1.807) is 0 Å². The first-order valence-corrected chi connectivity index (χ1v) is 14.1. The van der Waals surface area contributed by atoms with Crippen LogP contribution < -0.4 is 9.46 Å². The van der Waals surface area contributed by atoms with Crippen LogP contribution in [-0.4, -0.2) is 55.9 Å². The van der Waals surface area contributed by atoms with Crippen molar-refractivity contribution < 1.29 is 26.9 Å². The van der Waals surface area contributed by atoms with Crippen LogP contribution in [0.15, 0.2) is 27.6 Å². The monoisotopic (exact) mass is 558 g/mol. The van der Waals surface area contributed by atoms with Gasteiger partial charge in [0.05, 0.1) is 10.5 Å². The predicted octanol–water partition coefficient (Wildman–Crippen LogP) is 3.38. The summed E-state index contributed by atoms with van der Waals surface area (Å²) < 4.78 is 53.4. The lowest BCUT2D eigenvalue weighted by Gasteiger charge is -2.26. The molecule has 1 fully saturated rings. The van der Waals surface area contributed by atoms with Gasteiger partial charge in [0.1, 0.15) is 11.9 Å². The number of H-pyrrole nitrogens is 1. The van der Waals surface area contributed by atoms with Crippen molar-refractivity contribution in [3.8, 4) is 17.3 Å². The van der Waals surface area contributed by atoms with Crippen molar-refractivity contribution >= 4 is 27.1 Å². The molecule has 4 aromatic rings. The zero-order valence-corrected chi connectivity index (χ0v) is 22.3. The fraction of sp³-hybridized carbons (Fsp3) is 0.458. The lowest BCUT2D eigenvalue weighted by Crippen LogP contribution is -2.29. The van der Waals surface area contributed by atoms with E-state index < -0.39 is 26.6 Å². The molecule has 1 aliphatic rings. The van der Waals surface area contributed by atoms with Gasteiger partial charge in [0, 0.05) is 18.3 Å². The van der Waals surface area contributed by atoms with Crippen molar-refractivity contribution in [2.45, 2.75) is 75.7 Å². The van der Waals surface area contributed by atoms with Crippen LogP contribution in [0.25, 0.3) is 22.6 Å². The molecule has 5 rings (SSSR count). The molecular formula is C24H27FN8O5S. The smallest absolute Gasteiger partial charge is 0.264 e. The molecule has 39 heavy (non-hydrogen) atoms. The minimum absolute atomic E-state index is 0.0359. The lowest BCUT2D eigenvalue weighted by atomic mass is 9.87. The molecule has 1 aliphatic carbocycles. The first-order chi connectivity index (χ1) is 18.6. The molecule has 0 radical (unpaired) electrons. The van der Waals surface area contributed by atoms with Gasteiger partial charge in [0.15, 0.2) is 17.2 Å². The summed E-state index contributed by atoms with van der Waals surface area (Å²) in [5, 5.41) is 14.6. The number of nitrogens with one attached hydrogen (secondary N) is 2. The van der Waals surface area contributed by atoms with Gasteiger partial charge in [-0.05, 0) is 43.9 Å². The summed E-state index contributed by atoms with van der Waals surface area (Å²) in [6.07, 6.45) is 2.75. The summed E-state index contributed by atoms with van der Waals surface area (Å²) in [6.45, 7) is 5.53. The third-order valence-electron chi connectivity index (χ3n) is 6.49. The van der Waals surface area contributed by atoms with Crippen LogP contribution in [0.1, 0.15) is 76.4 Å². The first kappa shape index (κ1) is 26.6. The Morgan fingerprint density at radius 2 is 1.95 bits per heavy atom. The molecule has 13 nitrogen and oxygen atoms in total. The van der Waals surface area contributed by atoms with Crippen LogP contribution >= 0.6 is 0 Å². The average Bonchev–Trinajstić information content (AvgIpc) is 3.59. The van der Waals surface area contributed by atoms with E-state index in [0.717, 1.165) is 18.9 Å². The van der Waals surface area contributed by atoms with Crippen molar-refractivity contribution in [3.05, 3.63) is 35.7 Å². The van der Waals surface area contributed by atoms with E-state index in [0.29, 0.717) is 30.1 Å². The number of nitrogens with zero attached hydrogens (tertiary/aromatic N) is 6. The van der Waals surface area contributed by atoms with E-state index in [1.807, 2.05) is 18.6 Å². The van der Waals surface area contributed by atoms with Crippen LogP contribution in [0.2, 0.25) is 0 Å². The van der Waals surface area contributed by atoms with Crippen molar-refractivity contribution in [2.75, 3.05) is 0 Å². The second kappa shape index (κ2) is 10.6. The maximum Gasteiger partial charge on any atom is 0.264 e. The zero-order chi connectivity index (χ0) is 27.7. The molecule has 1 aromatic carbocycles. The van der Waals surface area contributed by atoms with Crippen molar-refractivity contribution in [3.63, 3.8) is 0 Å². The minimum atomic E-state index is -4.22. The maximum atomic E-state index is 15.1. The number of aromatic amines is 1. The second-order valence-corrected chi connectivity index (χ2v) is 11.3. The molecule has 2 N–H and O–H groups in total. The Bertz CT molecular complexity index is 1610. The number of ether oxygens (including phenoxy) is 1. The first-order valence-electron chi connectivity index (χ1n) is 12.6. The Morgan fingerprint density at radius 3 is 2.62 bits per heavy atom. The van der Waals surface area contributed by atoms with E-state index in [2.05, 4.69) is 35.5 Å². The number of hydrogen-bond acceptors (Lipinski definition) is 11. The van der Waals surface area contributed by atoms with E-state index in [-0.39, 0.29) is 47.3 Å². The largest absolute Gasteiger partial charge is 0.473 e. The number of rotatable bonds is 8. The molecule has 0 unspecified atom stereocenters. The van der Waals surface area contributed by atoms with Crippen LogP contribution in [0.5, 0.6) is 5.88 Å². The van der Waals surface area contributed by atoms with Crippen LogP contribution in [0.4, 0.5) is 4.39 Å². The predicted molar refractivity (Wildman–Crippen MR) is 135 cm³/mol. The summed E-state index contributed by atoms with van der Waals surface area (Å²) in [4.78, 5) is 24.3. The molecule has 15 heteroatoms. The van der Waals surface area contributed by atoms with Gasteiger partial charge < -0.3 is 9.26 Å². The Balaban J connectivity index is 1.35. The third-order valence-corrected chi connectivity index (χ3v) is 7.86. The van der Waals surface area contributed by atoms with Crippen molar-refractivity contribution in [1.82, 2.24) is 40.2 Å². The zero-order valence-electron chi connectivity index (χ0n) is 21.5. The molecule has 0 aliphatic heterocycles. The molecule has 0 bridgehead atoms. The standard InChI is InChI=1S/C24H27FN8O5S/c1-4-18(34)32-39(35,36)15-9-10-16(17(25)11-15)21-26-22-19(29-33-30-22)24(28-21)37-14-7-5-13(6-8-14)23-27-20(12(2)3)31-38-23/h9-14H,4-8H2,1-3H3,(H,32,34)(H,26,28,29,30,33). The molecule has 1 amide bonds. The van der Waals surface area contributed by atoms with Gasteiger partial charge in [0.2, 0.25) is 23.3 Å². The summed E-state index contributed by atoms with van der Waals surface area (Å²) in [7, 11) is -4.22. The molecule has 0 atom stereocenters. The topological polar surface area (TPSA) is 179 Å². The number of benzene rings is 1. The number of fused-ring (bicyclic) bond motifs is 1. The maximum absolute atomic E-state index is 15.1. The van der Waals surface area contributed by atoms with Gasteiger partial charge in [0.25, 0.3) is 10.0 Å². The highest BCUT2D eigenvalue weighted by molar-refractivity contribution is 7.90. The molecule has 1 saturated carbocycles. The van der Waals surface area contributed by atoms with Gasteiger partial charge in [-0.25, -0.2) is 22.5 Å². The number of halogens is 1. The van der Waals surface area contributed by atoms with E-state index in [4.69, 9.17) is 9.26 Å². The summed E-state index contributed by atoms with van der Waals surface area (Å²) in [5.74, 6) is 0.147. The lowest BCUT2D eigenvalue weighted by molar-refractivity contribution is -0.119. The second-order valence-electron chi connectivity index (χ2n) is 9.61. The summed E-state index contributed by atoms with van der Waals surface area (Å²) in [6, 6.07) is 3.21. The third kappa shape index (κ3) is 5.57. The average molecular weight is 559 g/mol. The number of carbonyl (C=O) groups is 1. The van der Waals surface area contributed by atoms with Gasteiger partial charge in [-0.3, -0.25) is 4.79 Å². The van der Waals surface area contributed by atoms with Crippen molar-refractivity contribution in [2.24, 2.45) is 0 Å². The SMILES string of the molecule is CCC(=O)NS(=O)(=O)c1ccc(-c2nc(OC3CCC(c4nc(C(C)C)no4)CC3)c3n[nH]nc3n2)c(F)c1. The number of sulfonamides is 1. The molecular weight excluding hydrogens is 531 g/mol. The highest BCUT2D eigenvalue weighted by atomic mass is 32.2. The Labute approximate surface area is 223 Å². The van der Waals surface area contributed by atoms with Crippen molar-refractivity contribution in [1.29, 1.82) is 0 Å². The number of amides is 1. The Hall–Kier alpha value is -4.01. The summed E-state index contributed by atoms with van der Waals surface area (Å²) >= 11 is 0. The Kier molecular flexibility index (Phi) is 7.25. The minimum Gasteiger partial charge on any atom is -0.473 e. The number of aromatic nitrogens is 7. The van der Waals surface area contributed by atoms with Gasteiger partial charge in [-0.1, -0.05) is 25.9 Å². The van der Waals surface area contributed by atoms with E-state index in [1.165, 1.54) is 19.1 Å². The molecule has 3 heterocycles. The fourth-order valence-corrected chi connectivity index (χ4v) is 5.35. The fourth-order valence-electron chi connectivity index (χ4n) is 4.28. The molecule has 0 spiro atoms. The number of carbonyl (C=O) groups excluding carboxylic acids is 1. The van der Waals surface area contributed by atoms with E-state index >= 15 is 4.39 Å². The Morgan fingerprint density at radius 1 is 1.18 bits per heavy atom. The number of hydrogen-bond donors (Lipinski definition) is 2. The van der Waals surface area contributed by atoms with Gasteiger partial charge in [-0.15, -0.1) is 10.2 Å². The van der Waals surface area contributed by atoms with Gasteiger partial charge >= 0.3 is 0 Å².